The Morgan fingerprint density at radius 3 is 2.79 bits per heavy atom. The predicted molar refractivity (Wildman–Crippen MR) is 121 cm³/mol. The standard InChI is InChI=1S/C22H31F3N6O2/c1-3-5-18(20(27-2)22(23,24)25)33-14-15-6-4-7-31(11-15)19-10-28-17(8-26)21(30-19)29-9-16-12-32-13-16/h5,8,10,15-16,26H,3-4,6-7,9,11-14H2,1-2H3,(H,29,30)/b18-5+,26-8?,27-20?. The van der Waals surface area contributed by atoms with E-state index >= 15 is 0 Å². The van der Waals surface area contributed by atoms with Crippen molar-refractivity contribution < 1.29 is 22.6 Å². The third kappa shape index (κ3) is 6.66. The first kappa shape index (κ1) is 24.9. The van der Waals surface area contributed by atoms with E-state index < -0.39 is 11.9 Å². The van der Waals surface area contributed by atoms with Crippen molar-refractivity contribution >= 4 is 23.6 Å². The van der Waals surface area contributed by atoms with E-state index in [1.54, 1.807) is 13.1 Å². The molecule has 0 saturated carbocycles. The number of allylic oxidation sites excluding steroid dienone is 2. The molecule has 1 atom stereocenters. The van der Waals surface area contributed by atoms with Gasteiger partial charge in [0.1, 0.15) is 17.3 Å². The molecule has 3 rings (SSSR count). The van der Waals surface area contributed by atoms with Crippen LogP contribution in [-0.2, 0) is 9.47 Å². The second-order valence-corrected chi connectivity index (χ2v) is 8.20. The summed E-state index contributed by atoms with van der Waals surface area (Å²) < 4.78 is 50.6. The lowest BCUT2D eigenvalue weighted by Crippen LogP contribution is -2.38. The first-order valence-electron chi connectivity index (χ1n) is 11.2. The summed E-state index contributed by atoms with van der Waals surface area (Å²) in [6.07, 6.45) is 1.79. The summed E-state index contributed by atoms with van der Waals surface area (Å²) >= 11 is 0. The lowest BCUT2D eigenvalue weighted by molar-refractivity contribution is -0.0610. The summed E-state index contributed by atoms with van der Waals surface area (Å²) in [7, 11) is 1.12. The van der Waals surface area contributed by atoms with Gasteiger partial charge in [-0.1, -0.05) is 6.92 Å². The lowest BCUT2D eigenvalue weighted by Gasteiger charge is -2.34. The number of piperidine rings is 1. The summed E-state index contributed by atoms with van der Waals surface area (Å²) in [6, 6.07) is 0. The van der Waals surface area contributed by atoms with Gasteiger partial charge in [-0.05, 0) is 25.3 Å². The highest BCUT2D eigenvalue weighted by Gasteiger charge is 2.39. The minimum Gasteiger partial charge on any atom is -0.491 e. The molecule has 0 bridgehead atoms. The lowest BCUT2D eigenvalue weighted by atomic mass is 9.99. The summed E-state index contributed by atoms with van der Waals surface area (Å²) in [4.78, 5) is 14.5. The molecule has 0 spiro atoms. The Morgan fingerprint density at radius 2 is 2.18 bits per heavy atom. The van der Waals surface area contributed by atoms with Crippen molar-refractivity contribution in [1.82, 2.24) is 9.97 Å². The summed E-state index contributed by atoms with van der Waals surface area (Å²) in [5, 5.41) is 10.8. The fraction of sp³-hybridized carbons (Fsp3) is 0.636. The van der Waals surface area contributed by atoms with Crippen LogP contribution < -0.4 is 10.2 Å². The average Bonchev–Trinajstić information content (AvgIpc) is 2.76. The van der Waals surface area contributed by atoms with Crippen LogP contribution in [0, 0.1) is 17.2 Å². The third-order valence-electron chi connectivity index (χ3n) is 5.62. The fourth-order valence-electron chi connectivity index (χ4n) is 3.82. The molecule has 1 aromatic rings. The first-order chi connectivity index (χ1) is 15.9. The molecule has 0 amide bonds. The Hall–Kier alpha value is -2.69. The van der Waals surface area contributed by atoms with Crippen molar-refractivity contribution in [2.24, 2.45) is 16.8 Å². The van der Waals surface area contributed by atoms with Crippen LogP contribution in [0.1, 0.15) is 31.9 Å². The highest BCUT2D eigenvalue weighted by molar-refractivity contribution is 6.02. The Morgan fingerprint density at radius 1 is 1.39 bits per heavy atom. The molecule has 2 aliphatic rings. The molecule has 182 valence electrons. The van der Waals surface area contributed by atoms with Crippen LogP contribution in [0.25, 0.3) is 0 Å². The topological polar surface area (TPSA) is 95.7 Å². The number of hydrogen-bond acceptors (Lipinski definition) is 8. The van der Waals surface area contributed by atoms with Gasteiger partial charge >= 0.3 is 6.18 Å². The van der Waals surface area contributed by atoms with E-state index in [1.165, 1.54) is 12.3 Å². The van der Waals surface area contributed by atoms with E-state index in [-0.39, 0.29) is 18.3 Å². The number of nitrogens with one attached hydrogen (secondary N) is 2. The second-order valence-electron chi connectivity index (χ2n) is 8.20. The molecule has 0 aromatic carbocycles. The van der Waals surface area contributed by atoms with E-state index in [2.05, 4.69) is 25.2 Å². The van der Waals surface area contributed by atoms with Crippen molar-refractivity contribution in [2.75, 3.05) is 56.7 Å². The smallest absolute Gasteiger partial charge is 0.436 e. The predicted octanol–water partition coefficient (Wildman–Crippen LogP) is 3.69. The van der Waals surface area contributed by atoms with Gasteiger partial charge in [-0.25, -0.2) is 9.97 Å². The maximum Gasteiger partial charge on any atom is 0.436 e. The molecule has 0 aliphatic carbocycles. The van der Waals surface area contributed by atoms with Gasteiger partial charge in [-0.15, -0.1) is 0 Å². The average molecular weight is 469 g/mol. The molecule has 0 radical (unpaired) electrons. The number of aromatic nitrogens is 2. The van der Waals surface area contributed by atoms with Gasteiger partial charge in [0.25, 0.3) is 0 Å². The number of ether oxygens (including phenoxy) is 2. The van der Waals surface area contributed by atoms with Gasteiger partial charge in [0.15, 0.2) is 11.5 Å². The first-order valence-corrected chi connectivity index (χ1v) is 11.2. The largest absolute Gasteiger partial charge is 0.491 e. The highest BCUT2D eigenvalue weighted by Crippen LogP contribution is 2.27. The highest BCUT2D eigenvalue weighted by atomic mass is 19.4. The molecule has 33 heavy (non-hydrogen) atoms. The van der Waals surface area contributed by atoms with Crippen molar-refractivity contribution in [1.29, 1.82) is 5.41 Å². The molecular weight excluding hydrogens is 437 g/mol. The Labute approximate surface area is 191 Å². The van der Waals surface area contributed by atoms with Crippen molar-refractivity contribution in [2.45, 2.75) is 32.4 Å². The molecule has 8 nitrogen and oxygen atoms in total. The Bertz CT molecular complexity index is 870. The maximum absolute atomic E-state index is 13.3. The van der Waals surface area contributed by atoms with Crippen molar-refractivity contribution in [3.05, 3.63) is 23.7 Å². The number of alkyl halides is 3. The van der Waals surface area contributed by atoms with Crippen LogP contribution in [0.3, 0.4) is 0 Å². The zero-order valence-corrected chi connectivity index (χ0v) is 19.0. The van der Waals surface area contributed by atoms with Crippen LogP contribution >= 0.6 is 0 Å². The number of anilines is 2. The molecule has 2 fully saturated rings. The second kappa shape index (κ2) is 11.4. The van der Waals surface area contributed by atoms with E-state index in [9.17, 15) is 13.2 Å². The van der Waals surface area contributed by atoms with Crippen LogP contribution in [-0.4, -0.2) is 74.6 Å². The number of aliphatic imine (C=N–C) groups is 1. The van der Waals surface area contributed by atoms with Crippen LogP contribution in [0.2, 0.25) is 0 Å². The molecule has 2 aliphatic heterocycles. The summed E-state index contributed by atoms with van der Waals surface area (Å²) in [5.74, 6) is 1.47. The van der Waals surface area contributed by atoms with E-state index in [0.29, 0.717) is 56.0 Å². The van der Waals surface area contributed by atoms with Gasteiger partial charge in [0.05, 0.1) is 26.0 Å². The molecular formula is C22H31F3N6O2. The zero-order chi connectivity index (χ0) is 23.8. The minimum absolute atomic E-state index is 0.0399. The van der Waals surface area contributed by atoms with Gasteiger partial charge in [0, 0.05) is 44.7 Å². The molecule has 11 heteroatoms. The normalized spacial score (nSPS) is 20.4. The monoisotopic (exact) mass is 468 g/mol. The number of rotatable bonds is 10. The molecule has 1 aromatic heterocycles. The minimum atomic E-state index is -4.56. The molecule has 2 N–H and O–H groups in total. The van der Waals surface area contributed by atoms with E-state index in [1.807, 2.05) is 0 Å². The Balaban J connectivity index is 1.64. The van der Waals surface area contributed by atoms with Gasteiger partial charge in [0.2, 0.25) is 0 Å². The third-order valence-corrected chi connectivity index (χ3v) is 5.62. The maximum atomic E-state index is 13.3. The SMILES string of the molecule is CC/C=C(/OCC1CCCN(c2cnc(C=N)c(NCC3COC3)n2)C1)C(=NC)C(F)(F)F. The quantitative estimate of drug-likeness (QED) is 0.402. The Kier molecular flexibility index (Phi) is 8.65. The van der Waals surface area contributed by atoms with Crippen LogP contribution in [0.5, 0.6) is 0 Å². The number of nitrogens with zero attached hydrogens (tertiary/aromatic N) is 4. The van der Waals surface area contributed by atoms with Gasteiger partial charge in [-0.3, -0.25) is 4.99 Å². The summed E-state index contributed by atoms with van der Waals surface area (Å²) in [5.41, 5.74) is -0.526. The van der Waals surface area contributed by atoms with Gasteiger partial charge < -0.3 is 25.1 Å². The van der Waals surface area contributed by atoms with E-state index in [4.69, 9.17) is 14.9 Å². The van der Waals surface area contributed by atoms with Crippen molar-refractivity contribution in [3.63, 3.8) is 0 Å². The fourth-order valence-corrected chi connectivity index (χ4v) is 3.82. The van der Waals surface area contributed by atoms with Crippen LogP contribution in [0.15, 0.2) is 23.0 Å². The van der Waals surface area contributed by atoms with Crippen molar-refractivity contribution in [3.8, 4) is 0 Å². The number of hydrogen-bond donors (Lipinski definition) is 2. The van der Waals surface area contributed by atoms with Gasteiger partial charge in [-0.2, -0.15) is 13.2 Å². The molecule has 2 saturated heterocycles. The molecule has 1 unspecified atom stereocenters. The van der Waals surface area contributed by atoms with Crippen LogP contribution in [0.4, 0.5) is 24.8 Å². The zero-order valence-electron chi connectivity index (χ0n) is 19.0. The summed E-state index contributed by atoms with van der Waals surface area (Å²) in [6.45, 7) is 5.40. The van der Waals surface area contributed by atoms with E-state index in [0.717, 1.165) is 26.4 Å². The number of halogens is 3. The molecule has 3 heterocycles.